The Labute approximate surface area is 382 Å². The van der Waals surface area contributed by atoms with Gasteiger partial charge in [0.15, 0.2) is 6.10 Å². The first-order valence-electron chi connectivity index (χ1n) is 25.6. The number of allylic oxidation sites excluding steroid dienone is 14. The Morgan fingerprint density at radius 2 is 0.645 bits per heavy atom. The Morgan fingerprint density at radius 3 is 1.08 bits per heavy atom. The van der Waals surface area contributed by atoms with Crippen molar-refractivity contribution >= 4 is 17.9 Å². The molecule has 0 spiro atoms. The van der Waals surface area contributed by atoms with Gasteiger partial charge in [0.1, 0.15) is 13.2 Å². The summed E-state index contributed by atoms with van der Waals surface area (Å²) in [6.07, 6.45) is 64.2. The highest BCUT2D eigenvalue weighted by atomic mass is 16.6. The van der Waals surface area contributed by atoms with Crippen molar-refractivity contribution in [2.24, 2.45) is 0 Å². The molecule has 62 heavy (non-hydrogen) atoms. The first kappa shape index (κ1) is 58.6. The lowest BCUT2D eigenvalue weighted by Gasteiger charge is -2.18. The van der Waals surface area contributed by atoms with Crippen LogP contribution >= 0.6 is 0 Å². The average Bonchev–Trinajstić information content (AvgIpc) is 3.27. The van der Waals surface area contributed by atoms with E-state index in [1.165, 1.54) is 96.3 Å². The van der Waals surface area contributed by atoms with Crippen LogP contribution in [-0.2, 0) is 28.6 Å². The molecule has 6 nitrogen and oxygen atoms in total. The van der Waals surface area contributed by atoms with E-state index in [2.05, 4.69) is 106 Å². The number of unbranched alkanes of at least 4 members (excludes halogenated alkanes) is 21. The van der Waals surface area contributed by atoms with Gasteiger partial charge >= 0.3 is 17.9 Å². The highest BCUT2D eigenvalue weighted by molar-refractivity contribution is 5.71. The number of carbonyl (C=O) groups is 3. The summed E-state index contributed by atoms with van der Waals surface area (Å²) in [4.78, 5) is 37.9. The van der Waals surface area contributed by atoms with E-state index in [4.69, 9.17) is 14.2 Å². The molecule has 0 amide bonds. The van der Waals surface area contributed by atoms with Crippen LogP contribution in [0.25, 0.3) is 0 Å². The second-order valence-corrected chi connectivity index (χ2v) is 16.7. The lowest BCUT2D eigenvalue weighted by molar-refractivity contribution is -0.167. The number of hydrogen-bond donors (Lipinski definition) is 0. The topological polar surface area (TPSA) is 78.9 Å². The molecule has 0 aliphatic carbocycles. The Morgan fingerprint density at radius 1 is 0.339 bits per heavy atom. The van der Waals surface area contributed by atoms with Crippen LogP contribution in [0.4, 0.5) is 0 Å². The van der Waals surface area contributed by atoms with Crippen molar-refractivity contribution in [1.82, 2.24) is 0 Å². The lowest BCUT2D eigenvalue weighted by Crippen LogP contribution is -2.30. The summed E-state index contributed by atoms with van der Waals surface area (Å²) in [6, 6.07) is 0. The van der Waals surface area contributed by atoms with Gasteiger partial charge in [0.25, 0.3) is 0 Å². The second kappa shape index (κ2) is 50.2. The Hall–Kier alpha value is -3.41. The maximum absolute atomic E-state index is 12.8. The number of esters is 3. The van der Waals surface area contributed by atoms with Crippen molar-refractivity contribution in [3.63, 3.8) is 0 Å². The van der Waals surface area contributed by atoms with Gasteiger partial charge in [-0.1, -0.05) is 189 Å². The van der Waals surface area contributed by atoms with Crippen molar-refractivity contribution in [3.8, 4) is 0 Å². The summed E-state index contributed by atoms with van der Waals surface area (Å²) in [6.45, 7) is 6.48. The summed E-state index contributed by atoms with van der Waals surface area (Å²) in [7, 11) is 0. The molecule has 0 aromatic carbocycles. The van der Waals surface area contributed by atoms with Gasteiger partial charge in [0.2, 0.25) is 0 Å². The second-order valence-electron chi connectivity index (χ2n) is 16.7. The van der Waals surface area contributed by atoms with Crippen molar-refractivity contribution in [2.45, 2.75) is 239 Å². The summed E-state index contributed by atoms with van der Waals surface area (Å²) < 4.78 is 16.7. The third-order valence-corrected chi connectivity index (χ3v) is 10.6. The molecule has 1 atom stereocenters. The first-order valence-corrected chi connectivity index (χ1v) is 25.6. The predicted molar refractivity (Wildman–Crippen MR) is 265 cm³/mol. The molecule has 0 aliphatic heterocycles. The van der Waals surface area contributed by atoms with Crippen LogP contribution in [0, 0.1) is 0 Å². The van der Waals surface area contributed by atoms with Crippen molar-refractivity contribution < 1.29 is 28.6 Å². The quantitative estimate of drug-likeness (QED) is 0.0199. The smallest absolute Gasteiger partial charge is 0.306 e. The summed E-state index contributed by atoms with van der Waals surface area (Å²) in [5.74, 6) is -0.985. The monoisotopic (exact) mass is 863 g/mol. The van der Waals surface area contributed by atoms with Crippen molar-refractivity contribution in [2.75, 3.05) is 13.2 Å². The van der Waals surface area contributed by atoms with Crippen LogP contribution < -0.4 is 0 Å². The van der Waals surface area contributed by atoms with E-state index in [1.807, 2.05) is 0 Å². The third kappa shape index (κ3) is 47.6. The van der Waals surface area contributed by atoms with E-state index in [9.17, 15) is 14.4 Å². The molecule has 0 radical (unpaired) electrons. The van der Waals surface area contributed by atoms with Gasteiger partial charge in [0, 0.05) is 19.3 Å². The maximum Gasteiger partial charge on any atom is 0.306 e. The highest BCUT2D eigenvalue weighted by Gasteiger charge is 2.19. The fraction of sp³-hybridized carbons (Fsp3) is 0.696. The SMILES string of the molecule is CCCCC/C=C\C=C/CCCCCCCCC(=O)OC(COC(=O)CCC/C=C\C/C=C\C/C=C\C/C=C\CCCCC)COC(=O)CCCCCCC/C=C\CCCCC. The molecule has 0 heterocycles. The summed E-state index contributed by atoms with van der Waals surface area (Å²) in [5.41, 5.74) is 0. The van der Waals surface area contributed by atoms with Crippen LogP contribution in [0.15, 0.2) is 85.1 Å². The summed E-state index contributed by atoms with van der Waals surface area (Å²) >= 11 is 0. The number of ether oxygens (including phenoxy) is 3. The van der Waals surface area contributed by atoms with E-state index in [0.29, 0.717) is 19.3 Å². The third-order valence-electron chi connectivity index (χ3n) is 10.6. The van der Waals surface area contributed by atoms with Crippen LogP contribution in [0.2, 0.25) is 0 Å². The fourth-order valence-corrected chi connectivity index (χ4v) is 6.71. The normalized spacial score (nSPS) is 12.8. The standard InChI is InChI=1S/C56H94O6/c1-4-7-10-13-16-19-22-25-27-28-30-31-34-37-40-43-46-49-55(58)61-52-53(51-60-54(57)48-45-42-39-36-33-24-21-18-15-12-9-6-3)62-56(59)50-47-44-41-38-35-32-29-26-23-20-17-14-11-8-5-2/h16-21,23,25-27,30-31,37,40,53H,4-15,22,24,28-29,32-36,38-39,41-52H2,1-3H3/b19-16-,20-17-,21-18-,26-23-,27-25-,31-30-,40-37-. The number of hydrogen-bond acceptors (Lipinski definition) is 6. The molecule has 0 aliphatic rings. The maximum atomic E-state index is 12.8. The molecule has 0 aromatic heterocycles. The van der Waals surface area contributed by atoms with Gasteiger partial charge in [0.05, 0.1) is 0 Å². The molecule has 0 N–H and O–H groups in total. The van der Waals surface area contributed by atoms with Crippen molar-refractivity contribution in [1.29, 1.82) is 0 Å². The average molecular weight is 863 g/mol. The number of rotatable bonds is 45. The van der Waals surface area contributed by atoms with Crippen molar-refractivity contribution in [3.05, 3.63) is 85.1 Å². The molecule has 1 unspecified atom stereocenters. The molecular formula is C56H94O6. The molecule has 354 valence electrons. The first-order chi connectivity index (χ1) is 30.5. The molecule has 6 heteroatoms. The molecule has 0 fully saturated rings. The van der Waals surface area contributed by atoms with Crippen LogP contribution in [-0.4, -0.2) is 37.2 Å². The predicted octanol–water partition coefficient (Wildman–Crippen LogP) is 16.8. The highest BCUT2D eigenvalue weighted by Crippen LogP contribution is 2.13. The van der Waals surface area contributed by atoms with Gasteiger partial charge in [-0.05, 0) is 109 Å². The Bertz CT molecular complexity index is 1220. The molecule has 0 rings (SSSR count). The minimum atomic E-state index is -0.807. The number of carbonyl (C=O) groups excluding carboxylic acids is 3. The molecule has 0 bridgehead atoms. The fourth-order valence-electron chi connectivity index (χ4n) is 6.71. The van der Waals surface area contributed by atoms with Crippen LogP contribution in [0.1, 0.15) is 233 Å². The molecule has 0 saturated heterocycles. The zero-order valence-corrected chi connectivity index (χ0v) is 40.4. The molecule has 0 saturated carbocycles. The lowest BCUT2D eigenvalue weighted by atomic mass is 10.1. The summed E-state index contributed by atoms with van der Waals surface area (Å²) in [5, 5.41) is 0. The van der Waals surface area contributed by atoms with Gasteiger partial charge in [-0.25, -0.2) is 0 Å². The minimum Gasteiger partial charge on any atom is -0.462 e. The van der Waals surface area contributed by atoms with Crippen LogP contribution in [0.5, 0.6) is 0 Å². The zero-order chi connectivity index (χ0) is 45.1. The molecular weight excluding hydrogens is 769 g/mol. The van der Waals surface area contributed by atoms with E-state index in [1.54, 1.807) is 0 Å². The van der Waals surface area contributed by atoms with Gasteiger partial charge in [-0.3, -0.25) is 14.4 Å². The van der Waals surface area contributed by atoms with Gasteiger partial charge < -0.3 is 14.2 Å². The minimum absolute atomic E-state index is 0.103. The largest absolute Gasteiger partial charge is 0.462 e. The zero-order valence-electron chi connectivity index (χ0n) is 40.4. The molecule has 0 aromatic rings. The van der Waals surface area contributed by atoms with Gasteiger partial charge in [-0.15, -0.1) is 0 Å². The Kier molecular flexibility index (Phi) is 47.5. The van der Waals surface area contributed by atoms with Gasteiger partial charge in [-0.2, -0.15) is 0 Å². The van der Waals surface area contributed by atoms with Crippen LogP contribution in [0.3, 0.4) is 0 Å². The van der Waals surface area contributed by atoms with E-state index in [-0.39, 0.29) is 37.5 Å². The Balaban J connectivity index is 4.51. The van der Waals surface area contributed by atoms with E-state index < -0.39 is 6.10 Å². The van der Waals surface area contributed by atoms with E-state index >= 15 is 0 Å². The van der Waals surface area contributed by atoms with E-state index in [0.717, 1.165) is 89.9 Å².